The van der Waals surface area contributed by atoms with Crippen molar-refractivity contribution in [1.82, 2.24) is 0 Å². The van der Waals surface area contributed by atoms with E-state index < -0.39 is 60.0 Å². The number of hydrogen-bond acceptors (Lipinski definition) is 5. The molecule has 0 radical (unpaired) electrons. The number of carbonyl (C=O) groups excluding carboxylic acids is 2. The van der Waals surface area contributed by atoms with Gasteiger partial charge in [0, 0.05) is 0 Å². The third kappa shape index (κ3) is 7.03. The number of halogens is 5. The maximum Gasteiger partial charge on any atom is 0.306 e. The van der Waals surface area contributed by atoms with Crippen molar-refractivity contribution in [3.8, 4) is 5.75 Å². The molecule has 0 saturated carbocycles. The molecule has 0 spiro atoms. The molecule has 1 aromatic carbocycles. The molecule has 0 N–H and O–H groups in total. The minimum atomic E-state index is -2.30. The highest BCUT2D eigenvalue weighted by Crippen LogP contribution is 2.28. The van der Waals surface area contributed by atoms with Crippen molar-refractivity contribution in [2.75, 3.05) is 19.8 Å². The summed E-state index contributed by atoms with van der Waals surface area (Å²) in [5.74, 6) is -13.7. The second kappa shape index (κ2) is 11.3. The molecular formula is C17H19F5O5. The predicted octanol–water partition coefficient (Wildman–Crippen LogP) is 3.82. The summed E-state index contributed by atoms with van der Waals surface area (Å²) in [5, 5.41) is 0. The van der Waals surface area contributed by atoms with Gasteiger partial charge in [-0.15, -0.1) is 0 Å². The number of esters is 2. The summed E-state index contributed by atoms with van der Waals surface area (Å²) < 4.78 is 79.5. The molecule has 10 heteroatoms. The second-order valence-corrected chi connectivity index (χ2v) is 5.40. The Bertz CT molecular complexity index is 637. The summed E-state index contributed by atoms with van der Waals surface area (Å²) in [4.78, 5) is 22.8. The Hall–Kier alpha value is -2.39. The van der Waals surface area contributed by atoms with Crippen LogP contribution in [0.25, 0.3) is 0 Å². The average molecular weight is 398 g/mol. The molecular weight excluding hydrogens is 379 g/mol. The molecule has 152 valence electrons. The molecule has 27 heavy (non-hydrogen) atoms. The molecule has 0 aromatic heterocycles. The Morgan fingerprint density at radius 1 is 0.704 bits per heavy atom. The highest BCUT2D eigenvalue weighted by molar-refractivity contribution is 5.77. The molecule has 0 aliphatic carbocycles. The van der Waals surface area contributed by atoms with E-state index in [-0.39, 0.29) is 19.4 Å². The zero-order chi connectivity index (χ0) is 20.4. The van der Waals surface area contributed by atoms with Crippen molar-refractivity contribution in [3.63, 3.8) is 0 Å². The molecule has 0 atom stereocenters. The summed E-state index contributed by atoms with van der Waals surface area (Å²) in [6, 6.07) is 0. The average Bonchev–Trinajstić information content (AvgIpc) is 2.66. The van der Waals surface area contributed by atoms with Gasteiger partial charge in [-0.05, 0) is 6.42 Å². The van der Waals surface area contributed by atoms with Gasteiger partial charge in [0.25, 0.3) is 0 Å². The van der Waals surface area contributed by atoms with Gasteiger partial charge in [-0.1, -0.05) is 19.8 Å². The highest BCUT2D eigenvalue weighted by Gasteiger charge is 2.27. The SMILES string of the molecule is CCCCCOC(=O)CCC(=O)OCCOc1c(F)c(F)c(F)c(F)c1F. The van der Waals surface area contributed by atoms with E-state index in [0.29, 0.717) is 0 Å². The molecule has 0 saturated heterocycles. The Kier molecular flexibility index (Phi) is 9.52. The Morgan fingerprint density at radius 3 is 1.70 bits per heavy atom. The zero-order valence-electron chi connectivity index (χ0n) is 14.6. The first kappa shape index (κ1) is 22.7. The summed E-state index contributed by atoms with van der Waals surface area (Å²) in [7, 11) is 0. The largest absolute Gasteiger partial charge is 0.484 e. The van der Waals surface area contributed by atoms with Gasteiger partial charge in [0.15, 0.2) is 5.75 Å². The quantitative estimate of drug-likeness (QED) is 0.186. The van der Waals surface area contributed by atoms with Gasteiger partial charge in [0.2, 0.25) is 29.1 Å². The van der Waals surface area contributed by atoms with Crippen LogP contribution in [0.5, 0.6) is 5.75 Å². The summed E-state index contributed by atoms with van der Waals surface area (Å²) in [6.07, 6.45) is 2.12. The fourth-order valence-electron chi connectivity index (χ4n) is 1.90. The smallest absolute Gasteiger partial charge is 0.306 e. The van der Waals surface area contributed by atoms with Gasteiger partial charge in [0.1, 0.15) is 13.2 Å². The predicted molar refractivity (Wildman–Crippen MR) is 82.4 cm³/mol. The lowest BCUT2D eigenvalue weighted by atomic mass is 10.2. The van der Waals surface area contributed by atoms with Crippen LogP contribution in [-0.2, 0) is 19.1 Å². The minimum Gasteiger partial charge on any atom is -0.484 e. The molecule has 0 fully saturated rings. The summed E-state index contributed by atoms with van der Waals surface area (Å²) in [5.41, 5.74) is 0. The number of carbonyl (C=O) groups is 2. The van der Waals surface area contributed by atoms with Gasteiger partial charge in [-0.25, -0.2) is 13.2 Å². The van der Waals surface area contributed by atoms with Crippen LogP contribution in [0.4, 0.5) is 22.0 Å². The Balaban J connectivity index is 2.32. The van der Waals surface area contributed by atoms with E-state index in [1.54, 1.807) is 0 Å². The molecule has 0 bridgehead atoms. The monoisotopic (exact) mass is 398 g/mol. The molecule has 5 nitrogen and oxygen atoms in total. The molecule has 1 rings (SSSR count). The van der Waals surface area contributed by atoms with Crippen molar-refractivity contribution < 1.29 is 45.8 Å². The van der Waals surface area contributed by atoms with Crippen molar-refractivity contribution >= 4 is 11.9 Å². The summed E-state index contributed by atoms with van der Waals surface area (Å²) >= 11 is 0. The number of benzene rings is 1. The maximum absolute atomic E-state index is 13.3. The van der Waals surface area contributed by atoms with Crippen LogP contribution in [0.2, 0.25) is 0 Å². The van der Waals surface area contributed by atoms with Crippen LogP contribution in [0.3, 0.4) is 0 Å². The Morgan fingerprint density at radius 2 is 1.19 bits per heavy atom. The van der Waals surface area contributed by atoms with Crippen LogP contribution in [0, 0.1) is 29.1 Å². The molecule has 0 aliphatic heterocycles. The zero-order valence-corrected chi connectivity index (χ0v) is 14.6. The topological polar surface area (TPSA) is 61.8 Å². The highest BCUT2D eigenvalue weighted by atomic mass is 19.2. The lowest BCUT2D eigenvalue weighted by Crippen LogP contribution is -2.16. The second-order valence-electron chi connectivity index (χ2n) is 5.40. The van der Waals surface area contributed by atoms with Crippen molar-refractivity contribution in [2.45, 2.75) is 39.0 Å². The number of hydrogen-bond donors (Lipinski definition) is 0. The fourth-order valence-corrected chi connectivity index (χ4v) is 1.90. The lowest BCUT2D eigenvalue weighted by molar-refractivity contribution is -0.150. The third-order valence-electron chi connectivity index (χ3n) is 3.31. The Labute approximate surface area is 152 Å². The number of rotatable bonds is 11. The molecule has 0 heterocycles. The number of ether oxygens (including phenoxy) is 3. The normalized spacial score (nSPS) is 10.6. The van der Waals surface area contributed by atoms with E-state index in [0.717, 1.165) is 19.3 Å². The van der Waals surface area contributed by atoms with E-state index in [4.69, 9.17) is 4.74 Å². The maximum atomic E-state index is 13.3. The van der Waals surface area contributed by atoms with Crippen LogP contribution >= 0.6 is 0 Å². The number of unbranched alkanes of at least 4 members (excludes halogenated alkanes) is 2. The first-order chi connectivity index (χ1) is 12.8. The fraction of sp³-hybridized carbons (Fsp3) is 0.529. The van der Waals surface area contributed by atoms with Crippen molar-refractivity contribution in [2.24, 2.45) is 0 Å². The first-order valence-corrected chi connectivity index (χ1v) is 8.25. The van der Waals surface area contributed by atoms with Crippen molar-refractivity contribution in [3.05, 3.63) is 29.1 Å². The van der Waals surface area contributed by atoms with Gasteiger partial charge < -0.3 is 14.2 Å². The first-order valence-electron chi connectivity index (χ1n) is 8.25. The van der Waals surface area contributed by atoms with Gasteiger partial charge in [-0.3, -0.25) is 9.59 Å². The van der Waals surface area contributed by atoms with E-state index in [1.165, 1.54) is 0 Å². The third-order valence-corrected chi connectivity index (χ3v) is 3.31. The minimum absolute atomic E-state index is 0.205. The molecule has 1 aromatic rings. The van der Waals surface area contributed by atoms with Crippen molar-refractivity contribution in [1.29, 1.82) is 0 Å². The summed E-state index contributed by atoms with van der Waals surface area (Å²) in [6.45, 7) is 1.10. The van der Waals surface area contributed by atoms with Gasteiger partial charge in [-0.2, -0.15) is 8.78 Å². The van der Waals surface area contributed by atoms with E-state index in [2.05, 4.69) is 9.47 Å². The van der Waals surface area contributed by atoms with E-state index >= 15 is 0 Å². The van der Waals surface area contributed by atoms with E-state index in [9.17, 15) is 31.5 Å². The molecule has 0 amide bonds. The van der Waals surface area contributed by atoms with Crippen LogP contribution < -0.4 is 4.74 Å². The molecule has 0 unspecified atom stereocenters. The standard InChI is InChI=1S/C17H19F5O5/c1-2-3-4-7-25-10(23)5-6-11(24)26-8-9-27-17-15(21)13(19)12(18)14(20)16(17)22/h2-9H2,1H3. The molecule has 0 aliphatic rings. The lowest BCUT2D eigenvalue weighted by Gasteiger charge is -2.10. The van der Waals surface area contributed by atoms with Gasteiger partial charge >= 0.3 is 11.9 Å². The van der Waals surface area contributed by atoms with Crippen LogP contribution in [0.15, 0.2) is 0 Å². The van der Waals surface area contributed by atoms with E-state index in [1.807, 2.05) is 6.92 Å². The van der Waals surface area contributed by atoms with Crippen LogP contribution in [-0.4, -0.2) is 31.8 Å². The van der Waals surface area contributed by atoms with Gasteiger partial charge in [0.05, 0.1) is 19.4 Å². The van der Waals surface area contributed by atoms with Crippen LogP contribution in [0.1, 0.15) is 39.0 Å².